The van der Waals surface area contributed by atoms with Gasteiger partial charge in [-0.05, 0) is 25.0 Å². The van der Waals surface area contributed by atoms with Gasteiger partial charge in [0.25, 0.3) is 0 Å². The molecule has 2 aliphatic rings. The molecule has 0 saturated heterocycles. The minimum atomic E-state index is 1.05. The maximum absolute atomic E-state index is 3.34. The van der Waals surface area contributed by atoms with E-state index in [0.717, 1.165) is 6.54 Å². The van der Waals surface area contributed by atoms with Gasteiger partial charge in [-0.15, -0.1) is 0 Å². The number of rotatable bonds is 0. The van der Waals surface area contributed by atoms with E-state index in [4.69, 9.17) is 0 Å². The van der Waals surface area contributed by atoms with E-state index in [1.165, 1.54) is 31.5 Å². The van der Waals surface area contributed by atoms with Gasteiger partial charge >= 0.3 is 0 Å². The Kier molecular flexibility index (Phi) is 1.55. The maximum Gasteiger partial charge on any atom is 0.192 e. The van der Waals surface area contributed by atoms with E-state index in [-0.39, 0.29) is 0 Å². The highest BCUT2D eigenvalue weighted by Gasteiger charge is 2.17. The molecule has 2 N–H and O–H groups in total. The summed E-state index contributed by atoms with van der Waals surface area (Å²) >= 11 is 0. The van der Waals surface area contributed by atoms with E-state index < -0.39 is 0 Å². The van der Waals surface area contributed by atoms with Gasteiger partial charge in [0.15, 0.2) is 5.70 Å². The van der Waals surface area contributed by atoms with Crippen LogP contribution in [0.5, 0.6) is 0 Å². The fraction of sp³-hybridized carbons (Fsp3) is 0.625. The van der Waals surface area contributed by atoms with Crippen LogP contribution >= 0.6 is 0 Å². The minimum Gasteiger partial charge on any atom is -0.307 e. The number of nitrogens with one attached hydrogen (secondary N) is 2. The highest BCUT2D eigenvalue weighted by atomic mass is 14.9. The highest BCUT2D eigenvalue weighted by molar-refractivity contribution is 5.52. The summed E-state index contributed by atoms with van der Waals surface area (Å²) < 4.78 is 0. The maximum atomic E-state index is 3.34. The molecule has 0 atom stereocenters. The molecule has 0 aromatic carbocycles. The quantitative estimate of drug-likeness (QED) is 0.448. The van der Waals surface area contributed by atoms with E-state index in [1.807, 2.05) is 0 Å². The van der Waals surface area contributed by atoms with Crippen molar-refractivity contribution in [2.24, 2.45) is 0 Å². The molecule has 0 aromatic heterocycles. The van der Waals surface area contributed by atoms with E-state index in [1.54, 1.807) is 5.57 Å². The van der Waals surface area contributed by atoms with E-state index in [0.29, 0.717) is 0 Å². The Morgan fingerprint density at radius 2 is 2.40 bits per heavy atom. The topological polar surface area (TPSA) is 26.0 Å². The average molecular weight is 137 g/mol. The molecule has 2 nitrogen and oxygen atoms in total. The van der Waals surface area contributed by atoms with Crippen LogP contribution < -0.4 is 10.3 Å². The lowest BCUT2D eigenvalue weighted by Crippen LogP contribution is -2.71. The van der Waals surface area contributed by atoms with Crippen LogP contribution in [0.25, 0.3) is 0 Å². The summed E-state index contributed by atoms with van der Waals surface area (Å²) in [5.41, 5.74) is 3.07. The predicted molar refractivity (Wildman–Crippen MR) is 40.8 cm³/mol. The van der Waals surface area contributed by atoms with Crippen molar-refractivity contribution >= 4 is 6.21 Å². The van der Waals surface area contributed by atoms with Gasteiger partial charge < -0.3 is 5.32 Å². The van der Waals surface area contributed by atoms with Gasteiger partial charge in [-0.3, -0.25) is 0 Å². The van der Waals surface area contributed by atoms with Crippen LogP contribution in [0.4, 0.5) is 0 Å². The summed E-state index contributed by atoms with van der Waals surface area (Å²) in [7, 11) is 0. The first-order valence-electron chi connectivity index (χ1n) is 3.96. The van der Waals surface area contributed by atoms with Crippen molar-refractivity contribution in [2.75, 3.05) is 13.1 Å². The van der Waals surface area contributed by atoms with Gasteiger partial charge in [-0.1, -0.05) is 0 Å². The second-order valence-electron chi connectivity index (χ2n) is 2.90. The van der Waals surface area contributed by atoms with Crippen LogP contribution in [0.15, 0.2) is 11.3 Å². The second-order valence-corrected chi connectivity index (χ2v) is 2.90. The molecule has 0 unspecified atom stereocenters. The first-order chi connectivity index (χ1) is 4.97. The van der Waals surface area contributed by atoms with Gasteiger partial charge in [0.05, 0.1) is 6.54 Å². The summed E-state index contributed by atoms with van der Waals surface area (Å²) in [6, 6.07) is 0. The van der Waals surface area contributed by atoms with E-state index >= 15 is 0 Å². The Morgan fingerprint density at radius 3 is 3.30 bits per heavy atom. The third kappa shape index (κ3) is 0.991. The van der Waals surface area contributed by atoms with Gasteiger partial charge in [-0.2, -0.15) is 0 Å². The zero-order valence-electron chi connectivity index (χ0n) is 6.11. The molecule has 0 spiro atoms. The van der Waals surface area contributed by atoms with Crippen LogP contribution in [0.1, 0.15) is 19.3 Å². The molecule has 2 heterocycles. The fourth-order valence-corrected chi connectivity index (χ4v) is 1.60. The van der Waals surface area contributed by atoms with Crippen LogP contribution in [0, 0.1) is 0 Å². The fourth-order valence-electron chi connectivity index (χ4n) is 1.60. The van der Waals surface area contributed by atoms with Crippen molar-refractivity contribution in [2.45, 2.75) is 19.3 Å². The second kappa shape index (κ2) is 2.54. The molecular formula is C8H13N2+. The Hall–Kier alpha value is -0.630. The standard InChI is InChI=1S/C8H12N2/c1-2-7-3-5-9-6-8(7)10-4-1/h4,9H,1-3,5-6H2/p+1. The molecular weight excluding hydrogens is 124 g/mol. The molecule has 0 fully saturated rings. The molecule has 0 amide bonds. The normalized spacial score (nSPS) is 24.8. The summed E-state index contributed by atoms with van der Waals surface area (Å²) in [6.07, 6.45) is 5.89. The smallest absolute Gasteiger partial charge is 0.192 e. The van der Waals surface area contributed by atoms with Gasteiger partial charge in [0, 0.05) is 6.42 Å². The Labute approximate surface area is 61.0 Å². The first kappa shape index (κ1) is 6.10. The predicted octanol–water partition coefficient (Wildman–Crippen LogP) is -0.821. The molecule has 10 heavy (non-hydrogen) atoms. The molecule has 0 bridgehead atoms. The Morgan fingerprint density at radius 1 is 1.40 bits per heavy atom. The molecule has 0 saturated carbocycles. The Balaban J connectivity index is 2.23. The number of hydrogen-bond donors (Lipinski definition) is 2. The first-order valence-corrected chi connectivity index (χ1v) is 3.96. The highest BCUT2D eigenvalue weighted by Crippen LogP contribution is 2.14. The third-order valence-electron chi connectivity index (χ3n) is 2.20. The summed E-state index contributed by atoms with van der Waals surface area (Å²) in [5, 5.41) is 3.34. The third-order valence-corrected chi connectivity index (χ3v) is 2.20. The van der Waals surface area contributed by atoms with Crippen molar-refractivity contribution in [3.63, 3.8) is 0 Å². The summed E-state index contributed by atoms with van der Waals surface area (Å²) in [5.74, 6) is 0. The van der Waals surface area contributed by atoms with Gasteiger partial charge in [0.1, 0.15) is 6.21 Å². The molecule has 2 heteroatoms. The monoisotopic (exact) mass is 137 g/mol. The lowest BCUT2D eigenvalue weighted by molar-refractivity contribution is -0.399. The Bertz CT molecular complexity index is 191. The molecule has 2 rings (SSSR count). The molecule has 0 aliphatic carbocycles. The van der Waals surface area contributed by atoms with E-state index in [9.17, 15) is 0 Å². The SMILES string of the molecule is C1=[NH+]C2=C(CC1)CCNC2. The largest absolute Gasteiger partial charge is 0.307 e. The van der Waals surface area contributed by atoms with Crippen LogP contribution in [-0.4, -0.2) is 19.3 Å². The van der Waals surface area contributed by atoms with Crippen LogP contribution in [0.2, 0.25) is 0 Å². The lowest BCUT2D eigenvalue weighted by Gasteiger charge is -2.15. The van der Waals surface area contributed by atoms with Crippen molar-refractivity contribution in [3.05, 3.63) is 11.3 Å². The summed E-state index contributed by atoms with van der Waals surface area (Å²) in [6.45, 7) is 2.21. The van der Waals surface area contributed by atoms with Crippen molar-refractivity contribution in [1.29, 1.82) is 0 Å². The zero-order valence-corrected chi connectivity index (χ0v) is 6.11. The number of hydrogen-bond acceptors (Lipinski definition) is 1. The van der Waals surface area contributed by atoms with E-state index in [2.05, 4.69) is 16.5 Å². The lowest BCUT2D eigenvalue weighted by atomic mass is 10.00. The summed E-state index contributed by atoms with van der Waals surface area (Å²) in [4.78, 5) is 3.31. The van der Waals surface area contributed by atoms with Crippen molar-refractivity contribution < 1.29 is 4.99 Å². The minimum absolute atomic E-state index is 1.05. The van der Waals surface area contributed by atoms with Gasteiger partial charge in [0.2, 0.25) is 0 Å². The van der Waals surface area contributed by atoms with Crippen LogP contribution in [-0.2, 0) is 0 Å². The van der Waals surface area contributed by atoms with Crippen molar-refractivity contribution in [1.82, 2.24) is 5.32 Å². The molecule has 0 aromatic rings. The molecule has 0 radical (unpaired) electrons. The van der Waals surface area contributed by atoms with Gasteiger partial charge in [-0.25, -0.2) is 4.99 Å². The zero-order chi connectivity index (χ0) is 6.81. The molecule has 54 valence electrons. The van der Waals surface area contributed by atoms with Crippen molar-refractivity contribution in [3.8, 4) is 0 Å². The van der Waals surface area contributed by atoms with Crippen LogP contribution in [0.3, 0.4) is 0 Å². The average Bonchev–Trinajstić information content (AvgIpc) is 2.05. The molecule has 2 aliphatic heterocycles.